The van der Waals surface area contributed by atoms with Crippen LogP contribution in [-0.4, -0.2) is 19.2 Å². The van der Waals surface area contributed by atoms with E-state index in [0.29, 0.717) is 0 Å². The summed E-state index contributed by atoms with van der Waals surface area (Å²) in [5.41, 5.74) is 5.91. The van der Waals surface area contributed by atoms with Gasteiger partial charge in [0.15, 0.2) is 0 Å². The Hall–Kier alpha value is -3.07. The first-order valence-electron chi connectivity index (χ1n) is 9.86. The Labute approximate surface area is 164 Å². The third-order valence-electron chi connectivity index (χ3n) is 5.86. The van der Waals surface area contributed by atoms with E-state index in [1.54, 1.807) is 14.2 Å². The molecule has 0 N–H and O–H groups in total. The molecule has 0 amide bonds. The highest BCUT2D eigenvalue weighted by Gasteiger charge is 2.22. The Kier molecular flexibility index (Phi) is 4.16. The van der Waals surface area contributed by atoms with Crippen LogP contribution in [-0.2, 0) is 12.8 Å². The SMILES string of the molecule is COc1ccc(OC)c(-c2nc3ccc4ccccc4c3c3c2CCCC3)c1. The zero-order valence-electron chi connectivity index (χ0n) is 16.3. The summed E-state index contributed by atoms with van der Waals surface area (Å²) in [7, 11) is 3.41. The molecule has 5 rings (SSSR count). The van der Waals surface area contributed by atoms with Crippen LogP contribution in [0.3, 0.4) is 0 Å². The minimum atomic E-state index is 0.820. The van der Waals surface area contributed by atoms with Crippen LogP contribution in [0.1, 0.15) is 24.0 Å². The van der Waals surface area contributed by atoms with Gasteiger partial charge in [0.2, 0.25) is 0 Å². The molecule has 0 saturated heterocycles. The summed E-state index contributed by atoms with van der Waals surface area (Å²) in [5, 5.41) is 3.89. The zero-order valence-corrected chi connectivity index (χ0v) is 16.3. The molecule has 0 atom stereocenters. The van der Waals surface area contributed by atoms with Crippen molar-refractivity contribution in [3.63, 3.8) is 0 Å². The van der Waals surface area contributed by atoms with E-state index in [0.717, 1.165) is 41.1 Å². The Morgan fingerprint density at radius 3 is 2.46 bits per heavy atom. The quantitative estimate of drug-likeness (QED) is 0.418. The van der Waals surface area contributed by atoms with Gasteiger partial charge < -0.3 is 9.47 Å². The van der Waals surface area contributed by atoms with E-state index < -0.39 is 0 Å². The summed E-state index contributed by atoms with van der Waals surface area (Å²) < 4.78 is 11.2. The van der Waals surface area contributed by atoms with Gasteiger partial charge in [-0.05, 0) is 71.8 Å². The minimum Gasteiger partial charge on any atom is -0.497 e. The first-order valence-corrected chi connectivity index (χ1v) is 9.86. The molecule has 0 saturated carbocycles. The molecule has 3 aromatic carbocycles. The number of hydrogen-bond acceptors (Lipinski definition) is 3. The molecule has 0 spiro atoms. The zero-order chi connectivity index (χ0) is 19.1. The number of hydrogen-bond donors (Lipinski definition) is 0. The predicted octanol–water partition coefficient (Wildman–Crippen LogP) is 5.95. The van der Waals surface area contributed by atoms with Crippen LogP contribution < -0.4 is 9.47 Å². The first kappa shape index (κ1) is 17.1. The van der Waals surface area contributed by atoms with Crippen LogP contribution in [0.15, 0.2) is 54.6 Å². The fourth-order valence-electron chi connectivity index (χ4n) is 4.52. The van der Waals surface area contributed by atoms with Crippen LogP contribution in [0.5, 0.6) is 11.5 Å². The molecular formula is C25H23NO2. The molecule has 0 aliphatic heterocycles. The Morgan fingerprint density at radius 2 is 1.64 bits per heavy atom. The number of rotatable bonds is 3. The second kappa shape index (κ2) is 6.83. The molecule has 0 radical (unpaired) electrons. The highest BCUT2D eigenvalue weighted by Crippen LogP contribution is 2.41. The van der Waals surface area contributed by atoms with E-state index in [1.165, 1.54) is 40.1 Å². The highest BCUT2D eigenvalue weighted by molar-refractivity contribution is 6.09. The second-order valence-corrected chi connectivity index (χ2v) is 7.37. The number of aromatic nitrogens is 1. The van der Waals surface area contributed by atoms with Crippen molar-refractivity contribution >= 4 is 21.7 Å². The van der Waals surface area contributed by atoms with Gasteiger partial charge in [-0.3, -0.25) is 0 Å². The summed E-state index contributed by atoms with van der Waals surface area (Å²) in [6.45, 7) is 0. The van der Waals surface area contributed by atoms with Crippen LogP contribution >= 0.6 is 0 Å². The van der Waals surface area contributed by atoms with Crippen LogP contribution in [0.4, 0.5) is 0 Å². The van der Waals surface area contributed by atoms with E-state index in [1.807, 2.05) is 18.2 Å². The van der Waals surface area contributed by atoms with Crippen molar-refractivity contribution in [1.29, 1.82) is 0 Å². The minimum absolute atomic E-state index is 0.820. The van der Waals surface area contributed by atoms with E-state index in [2.05, 4.69) is 36.4 Å². The maximum Gasteiger partial charge on any atom is 0.128 e. The van der Waals surface area contributed by atoms with Crippen molar-refractivity contribution < 1.29 is 9.47 Å². The molecular weight excluding hydrogens is 346 g/mol. The van der Waals surface area contributed by atoms with Crippen LogP contribution in [0.2, 0.25) is 0 Å². The number of benzene rings is 3. The number of pyridine rings is 1. The highest BCUT2D eigenvalue weighted by atomic mass is 16.5. The molecule has 1 aliphatic rings. The maximum atomic E-state index is 5.68. The molecule has 3 heteroatoms. The maximum absolute atomic E-state index is 5.68. The molecule has 28 heavy (non-hydrogen) atoms. The topological polar surface area (TPSA) is 31.4 Å². The molecule has 0 bridgehead atoms. The first-order chi connectivity index (χ1) is 13.8. The number of ether oxygens (including phenoxy) is 2. The molecule has 1 aromatic heterocycles. The fraction of sp³-hybridized carbons (Fsp3) is 0.240. The summed E-state index contributed by atoms with van der Waals surface area (Å²) in [5.74, 6) is 1.65. The predicted molar refractivity (Wildman–Crippen MR) is 114 cm³/mol. The molecule has 4 aromatic rings. The van der Waals surface area contributed by atoms with Crippen molar-refractivity contribution in [2.24, 2.45) is 0 Å². The molecule has 0 fully saturated rings. The number of methoxy groups -OCH3 is 2. The van der Waals surface area contributed by atoms with Crippen molar-refractivity contribution in [3.05, 3.63) is 65.7 Å². The van der Waals surface area contributed by atoms with Gasteiger partial charge in [-0.15, -0.1) is 0 Å². The number of fused-ring (bicyclic) bond motifs is 5. The molecule has 1 aliphatic carbocycles. The number of nitrogens with zero attached hydrogens (tertiary/aromatic N) is 1. The summed E-state index contributed by atoms with van der Waals surface area (Å²) in [4.78, 5) is 5.16. The van der Waals surface area contributed by atoms with Crippen molar-refractivity contribution in [3.8, 4) is 22.8 Å². The lowest BCUT2D eigenvalue weighted by atomic mass is 9.85. The third-order valence-corrected chi connectivity index (χ3v) is 5.86. The standard InChI is InChI=1S/C25H23NO2/c1-27-17-12-14-23(28-2)21(15-17)25-20-10-6-5-9-19(20)24-18-8-4-3-7-16(18)11-13-22(24)26-25/h3-4,7-8,11-15H,5-6,9-10H2,1-2H3. The van der Waals surface area contributed by atoms with Crippen molar-refractivity contribution in [1.82, 2.24) is 4.98 Å². The van der Waals surface area contributed by atoms with Gasteiger partial charge in [-0.2, -0.15) is 0 Å². The number of aryl methyl sites for hydroxylation is 1. The second-order valence-electron chi connectivity index (χ2n) is 7.37. The van der Waals surface area contributed by atoms with Gasteiger partial charge in [0.05, 0.1) is 25.4 Å². The normalized spacial score (nSPS) is 13.5. The van der Waals surface area contributed by atoms with E-state index >= 15 is 0 Å². The third kappa shape index (κ3) is 2.62. The molecule has 140 valence electrons. The summed E-state index contributed by atoms with van der Waals surface area (Å²) in [6.07, 6.45) is 4.58. The van der Waals surface area contributed by atoms with Gasteiger partial charge in [-0.1, -0.05) is 30.3 Å². The van der Waals surface area contributed by atoms with Gasteiger partial charge in [-0.25, -0.2) is 4.98 Å². The lowest BCUT2D eigenvalue weighted by molar-refractivity contribution is 0.404. The van der Waals surface area contributed by atoms with Crippen LogP contribution in [0, 0.1) is 0 Å². The summed E-state index contributed by atoms with van der Waals surface area (Å²) >= 11 is 0. The Balaban J connectivity index is 1.88. The van der Waals surface area contributed by atoms with Crippen LogP contribution in [0.25, 0.3) is 32.9 Å². The molecule has 0 unspecified atom stereocenters. The Morgan fingerprint density at radius 1 is 0.821 bits per heavy atom. The average Bonchev–Trinajstić information content (AvgIpc) is 2.77. The van der Waals surface area contributed by atoms with Gasteiger partial charge in [0.1, 0.15) is 11.5 Å². The smallest absolute Gasteiger partial charge is 0.128 e. The monoisotopic (exact) mass is 369 g/mol. The van der Waals surface area contributed by atoms with E-state index in [4.69, 9.17) is 14.5 Å². The van der Waals surface area contributed by atoms with E-state index in [9.17, 15) is 0 Å². The lowest BCUT2D eigenvalue weighted by Crippen LogP contribution is -2.08. The van der Waals surface area contributed by atoms with Gasteiger partial charge >= 0.3 is 0 Å². The largest absolute Gasteiger partial charge is 0.497 e. The molecule has 1 heterocycles. The van der Waals surface area contributed by atoms with E-state index in [-0.39, 0.29) is 0 Å². The Bertz CT molecular complexity index is 1200. The lowest BCUT2D eigenvalue weighted by Gasteiger charge is -2.23. The van der Waals surface area contributed by atoms with Crippen molar-refractivity contribution in [2.75, 3.05) is 14.2 Å². The average molecular weight is 369 g/mol. The van der Waals surface area contributed by atoms with Gasteiger partial charge in [0, 0.05) is 10.9 Å². The van der Waals surface area contributed by atoms with Gasteiger partial charge in [0.25, 0.3) is 0 Å². The summed E-state index contributed by atoms with van der Waals surface area (Å²) in [6, 6.07) is 18.9. The molecule has 3 nitrogen and oxygen atoms in total. The van der Waals surface area contributed by atoms with Crippen molar-refractivity contribution in [2.45, 2.75) is 25.7 Å². The fourth-order valence-corrected chi connectivity index (χ4v) is 4.52.